The van der Waals surface area contributed by atoms with E-state index in [2.05, 4.69) is 0 Å². The molecular formula is C14H17NO3. The predicted molar refractivity (Wildman–Crippen MR) is 66.0 cm³/mol. The number of methoxy groups -OCH3 is 1. The summed E-state index contributed by atoms with van der Waals surface area (Å²) in [5.74, 6) is 1.67. The molecular weight excluding hydrogens is 230 g/mol. The van der Waals surface area contributed by atoms with Gasteiger partial charge < -0.3 is 14.7 Å². The van der Waals surface area contributed by atoms with Gasteiger partial charge in [0.15, 0.2) is 0 Å². The van der Waals surface area contributed by atoms with Crippen molar-refractivity contribution in [3.63, 3.8) is 0 Å². The van der Waals surface area contributed by atoms with Gasteiger partial charge in [-0.05, 0) is 17.9 Å². The smallest absolute Gasteiger partial charge is 0.226 e. The summed E-state index contributed by atoms with van der Waals surface area (Å²) in [6.07, 6.45) is 0. The Labute approximate surface area is 106 Å². The Morgan fingerprint density at radius 1 is 1.44 bits per heavy atom. The first-order chi connectivity index (χ1) is 8.76. The molecule has 0 bridgehead atoms. The Balaban J connectivity index is 1.70. The van der Waals surface area contributed by atoms with Crippen LogP contribution in [0.3, 0.4) is 0 Å². The van der Waals surface area contributed by atoms with Gasteiger partial charge in [-0.15, -0.1) is 0 Å². The lowest BCUT2D eigenvalue weighted by Crippen LogP contribution is -2.30. The Morgan fingerprint density at radius 2 is 2.22 bits per heavy atom. The van der Waals surface area contributed by atoms with Gasteiger partial charge in [0.05, 0.1) is 7.11 Å². The number of fused-ring (bicyclic) bond motifs is 1. The molecule has 1 N–H and O–H groups in total. The molecule has 1 heterocycles. The lowest BCUT2D eigenvalue weighted by molar-refractivity contribution is -0.131. The number of rotatable bonds is 4. The highest BCUT2D eigenvalue weighted by molar-refractivity contribution is 5.85. The topological polar surface area (TPSA) is 49.8 Å². The van der Waals surface area contributed by atoms with Gasteiger partial charge in [-0.1, -0.05) is 18.2 Å². The van der Waals surface area contributed by atoms with E-state index in [4.69, 9.17) is 9.84 Å². The standard InChI is InChI=1S/C14H17NO3/c1-18-12-5-3-2-4-9(12)6-15-7-10-11(8-16)13(10)14(15)17/h2-5,10-11,13,16H,6-8H2,1H3. The van der Waals surface area contributed by atoms with Gasteiger partial charge in [-0.3, -0.25) is 4.79 Å². The van der Waals surface area contributed by atoms with Crippen LogP contribution in [0.4, 0.5) is 0 Å². The molecule has 4 heteroatoms. The summed E-state index contributed by atoms with van der Waals surface area (Å²) in [5, 5.41) is 9.10. The molecule has 0 aromatic heterocycles. The largest absolute Gasteiger partial charge is 0.496 e. The van der Waals surface area contributed by atoms with Crippen molar-refractivity contribution >= 4 is 5.91 Å². The quantitative estimate of drug-likeness (QED) is 0.859. The van der Waals surface area contributed by atoms with Gasteiger partial charge in [0, 0.05) is 31.2 Å². The van der Waals surface area contributed by atoms with Crippen molar-refractivity contribution in [1.29, 1.82) is 0 Å². The number of para-hydroxylation sites is 1. The van der Waals surface area contributed by atoms with E-state index in [0.29, 0.717) is 12.5 Å². The molecule has 1 amide bonds. The molecule has 3 atom stereocenters. The summed E-state index contributed by atoms with van der Waals surface area (Å²) >= 11 is 0. The molecule has 3 unspecified atom stereocenters. The Bertz CT molecular complexity index is 474. The van der Waals surface area contributed by atoms with E-state index in [1.54, 1.807) is 7.11 Å². The summed E-state index contributed by atoms with van der Waals surface area (Å²) < 4.78 is 5.29. The molecule has 0 radical (unpaired) electrons. The molecule has 1 aromatic carbocycles. The molecule has 3 rings (SSSR count). The molecule has 0 spiro atoms. The first-order valence-electron chi connectivity index (χ1n) is 6.27. The zero-order valence-electron chi connectivity index (χ0n) is 10.4. The zero-order valence-corrected chi connectivity index (χ0v) is 10.4. The van der Waals surface area contributed by atoms with Crippen molar-refractivity contribution in [2.45, 2.75) is 6.54 Å². The fourth-order valence-electron chi connectivity index (χ4n) is 3.05. The minimum atomic E-state index is 0.0738. The number of aliphatic hydroxyl groups is 1. The molecule has 18 heavy (non-hydrogen) atoms. The fourth-order valence-corrected chi connectivity index (χ4v) is 3.05. The van der Waals surface area contributed by atoms with E-state index >= 15 is 0 Å². The van der Waals surface area contributed by atoms with E-state index in [-0.39, 0.29) is 24.3 Å². The molecule has 1 aliphatic carbocycles. The number of piperidine rings is 1. The average molecular weight is 247 g/mol. The third kappa shape index (κ3) is 1.68. The maximum Gasteiger partial charge on any atom is 0.226 e. The van der Waals surface area contributed by atoms with Crippen molar-refractivity contribution in [3.05, 3.63) is 29.8 Å². The van der Waals surface area contributed by atoms with E-state index < -0.39 is 0 Å². The Morgan fingerprint density at radius 3 is 2.83 bits per heavy atom. The average Bonchev–Trinajstić information content (AvgIpc) is 3.01. The third-order valence-corrected chi connectivity index (χ3v) is 4.12. The zero-order chi connectivity index (χ0) is 12.7. The number of hydrogen-bond acceptors (Lipinski definition) is 3. The van der Waals surface area contributed by atoms with Gasteiger partial charge in [0.1, 0.15) is 5.75 Å². The Hall–Kier alpha value is -1.55. The van der Waals surface area contributed by atoms with Crippen molar-refractivity contribution in [3.8, 4) is 5.75 Å². The lowest BCUT2D eigenvalue weighted by atomic mass is 10.1. The van der Waals surface area contributed by atoms with Crippen LogP contribution in [0.15, 0.2) is 24.3 Å². The summed E-state index contributed by atoms with van der Waals surface area (Å²) in [6.45, 7) is 1.52. The number of carbonyl (C=O) groups excluding carboxylic acids is 1. The molecule has 2 aliphatic rings. The number of carbonyl (C=O) groups is 1. The molecule has 96 valence electrons. The molecule has 1 saturated heterocycles. The molecule has 1 aliphatic heterocycles. The SMILES string of the molecule is COc1ccccc1CN1CC2C(CO)C2C1=O. The number of aliphatic hydroxyl groups excluding tert-OH is 1. The van der Waals surface area contributed by atoms with Gasteiger partial charge in [-0.25, -0.2) is 0 Å². The number of benzene rings is 1. The van der Waals surface area contributed by atoms with Crippen LogP contribution in [0.1, 0.15) is 5.56 Å². The van der Waals surface area contributed by atoms with E-state index in [0.717, 1.165) is 17.9 Å². The number of hydrogen-bond donors (Lipinski definition) is 1. The van der Waals surface area contributed by atoms with Crippen LogP contribution in [-0.4, -0.2) is 36.2 Å². The van der Waals surface area contributed by atoms with Gasteiger partial charge in [0.2, 0.25) is 5.91 Å². The van der Waals surface area contributed by atoms with E-state index in [9.17, 15) is 4.79 Å². The number of ether oxygens (including phenoxy) is 1. The highest BCUT2D eigenvalue weighted by Crippen LogP contribution is 2.52. The summed E-state index contributed by atoms with van der Waals surface area (Å²) in [6, 6.07) is 7.77. The van der Waals surface area contributed by atoms with Crippen LogP contribution >= 0.6 is 0 Å². The van der Waals surface area contributed by atoms with Crippen LogP contribution < -0.4 is 4.74 Å². The normalized spacial score (nSPS) is 29.3. The second-order valence-electron chi connectivity index (χ2n) is 5.07. The maximum atomic E-state index is 12.1. The maximum absolute atomic E-state index is 12.1. The van der Waals surface area contributed by atoms with Crippen LogP contribution in [0, 0.1) is 17.8 Å². The van der Waals surface area contributed by atoms with E-state index in [1.165, 1.54) is 0 Å². The van der Waals surface area contributed by atoms with Crippen molar-refractivity contribution in [2.24, 2.45) is 17.8 Å². The first-order valence-corrected chi connectivity index (χ1v) is 6.27. The second kappa shape index (κ2) is 4.28. The number of nitrogens with zero attached hydrogens (tertiary/aromatic N) is 1. The van der Waals surface area contributed by atoms with Crippen LogP contribution in [-0.2, 0) is 11.3 Å². The van der Waals surface area contributed by atoms with Crippen molar-refractivity contribution < 1.29 is 14.6 Å². The third-order valence-electron chi connectivity index (χ3n) is 4.12. The summed E-state index contributed by atoms with van der Waals surface area (Å²) in [4.78, 5) is 14.0. The van der Waals surface area contributed by atoms with Crippen LogP contribution in [0.25, 0.3) is 0 Å². The minimum Gasteiger partial charge on any atom is -0.496 e. The number of amides is 1. The molecule has 1 aromatic rings. The predicted octanol–water partition coefficient (Wildman–Crippen LogP) is 0.892. The van der Waals surface area contributed by atoms with Gasteiger partial charge in [-0.2, -0.15) is 0 Å². The van der Waals surface area contributed by atoms with Crippen molar-refractivity contribution in [2.75, 3.05) is 20.3 Å². The highest BCUT2D eigenvalue weighted by atomic mass is 16.5. The minimum absolute atomic E-state index is 0.0738. The molecule has 2 fully saturated rings. The first kappa shape index (κ1) is 11.5. The fraction of sp³-hybridized carbons (Fsp3) is 0.500. The van der Waals surface area contributed by atoms with Crippen molar-refractivity contribution in [1.82, 2.24) is 4.90 Å². The molecule has 1 saturated carbocycles. The van der Waals surface area contributed by atoms with Crippen LogP contribution in [0.5, 0.6) is 5.75 Å². The van der Waals surface area contributed by atoms with Gasteiger partial charge >= 0.3 is 0 Å². The summed E-state index contributed by atoms with van der Waals surface area (Å²) in [7, 11) is 1.64. The Kier molecular flexibility index (Phi) is 2.74. The number of likely N-dealkylation sites (tertiary alicyclic amines) is 1. The monoisotopic (exact) mass is 247 g/mol. The van der Waals surface area contributed by atoms with Crippen LogP contribution in [0.2, 0.25) is 0 Å². The highest BCUT2D eigenvalue weighted by Gasteiger charge is 2.60. The van der Waals surface area contributed by atoms with E-state index in [1.807, 2.05) is 29.2 Å². The second-order valence-corrected chi connectivity index (χ2v) is 5.07. The van der Waals surface area contributed by atoms with Gasteiger partial charge in [0.25, 0.3) is 0 Å². The molecule has 4 nitrogen and oxygen atoms in total. The lowest BCUT2D eigenvalue weighted by Gasteiger charge is -2.20. The summed E-state index contributed by atoms with van der Waals surface area (Å²) in [5.41, 5.74) is 1.04.